The van der Waals surface area contributed by atoms with E-state index in [9.17, 15) is 15.0 Å². The van der Waals surface area contributed by atoms with E-state index in [1.165, 1.54) is 0 Å². The minimum Gasteiger partial charge on any atom is -0.497 e. The fourth-order valence-electron chi connectivity index (χ4n) is 5.24. The van der Waals surface area contributed by atoms with Crippen molar-refractivity contribution in [2.24, 2.45) is 11.8 Å². The molecule has 2 aromatic heterocycles. The number of nitrogens with zero attached hydrogens (tertiary/aromatic N) is 4. The van der Waals surface area contributed by atoms with E-state index in [0.717, 1.165) is 73.2 Å². The summed E-state index contributed by atoms with van der Waals surface area (Å²) in [5, 5.41) is 29.5. The molecule has 0 amide bonds. The first-order valence-electron chi connectivity index (χ1n) is 12.3. The predicted octanol–water partition coefficient (Wildman–Crippen LogP) is 3.89. The van der Waals surface area contributed by atoms with Gasteiger partial charge >= 0.3 is 5.97 Å². The van der Waals surface area contributed by atoms with Gasteiger partial charge in [0.15, 0.2) is 0 Å². The van der Waals surface area contributed by atoms with E-state index in [2.05, 4.69) is 20.1 Å². The Kier molecular flexibility index (Phi) is 8.60. The molecule has 0 saturated carbocycles. The highest BCUT2D eigenvalue weighted by Crippen LogP contribution is 2.34. The van der Waals surface area contributed by atoms with Crippen LogP contribution >= 0.6 is 0 Å². The van der Waals surface area contributed by atoms with Crippen LogP contribution in [-0.2, 0) is 11.2 Å². The number of aliphatic hydroxyl groups is 1. The summed E-state index contributed by atoms with van der Waals surface area (Å²) in [6, 6.07) is 11.4. The minimum absolute atomic E-state index is 0.0826. The van der Waals surface area contributed by atoms with Gasteiger partial charge in [0, 0.05) is 30.7 Å². The molecule has 2 N–H and O–H groups in total. The van der Waals surface area contributed by atoms with Crippen molar-refractivity contribution in [3.63, 3.8) is 0 Å². The van der Waals surface area contributed by atoms with Crippen molar-refractivity contribution >= 4 is 16.9 Å². The number of ether oxygens (including phenoxy) is 1. The Morgan fingerprint density at radius 3 is 2.89 bits per heavy atom. The van der Waals surface area contributed by atoms with E-state index >= 15 is 0 Å². The molecule has 0 radical (unpaired) electrons. The van der Waals surface area contributed by atoms with Crippen LogP contribution in [0.4, 0.5) is 0 Å². The largest absolute Gasteiger partial charge is 0.497 e. The first-order chi connectivity index (χ1) is 17.0. The maximum absolute atomic E-state index is 11.6. The first kappa shape index (κ1) is 25.0. The average Bonchev–Trinajstić information content (AvgIpc) is 2.87. The summed E-state index contributed by atoms with van der Waals surface area (Å²) in [5.74, 6) is 0.334. The quantitative estimate of drug-likeness (QED) is 0.427. The van der Waals surface area contributed by atoms with Gasteiger partial charge in [0.25, 0.3) is 0 Å². The second-order valence-corrected chi connectivity index (χ2v) is 9.40. The summed E-state index contributed by atoms with van der Waals surface area (Å²) in [5.41, 5.74) is 2.64. The lowest BCUT2D eigenvalue weighted by atomic mass is 9.79. The zero-order valence-corrected chi connectivity index (χ0v) is 20.2. The van der Waals surface area contributed by atoms with Gasteiger partial charge in [0.1, 0.15) is 5.75 Å². The van der Waals surface area contributed by atoms with Gasteiger partial charge in [-0.05, 0) is 99.0 Å². The molecule has 0 bridgehead atoms. The molecule has 0 spiro atoms. The molecular formula is C27H34N4O4. The van der Waals surface area contributed by atoms with Crippen LogP contribution in [0.15, 0.2) is 48.8 Å². The van der Waals surface area contributed by atoms with E-state index in [-0.39, 0.29) is 18.3 Å². The van der Waals surface area contributed by atoms with Gasteiger partial charge in [-0.2, -0.15) is 10.2 Å². The fourth-order valence-corrected chi connectivity index (χ4v) is 5.24. The summed E-state index contributed by atoms with van der Waals surface area (Å²) < 4.78 is 5.35. The number of aliphatic hydroxyl groups excluding tert-OH is 1. The van der Waals surface area contributed by atoms with E-state index in [1.807, 2.05) is 36.4 Å². The lowest BCUT2D eigenvalue weighted by Gasteiger charge is -2.38. The van der Waals surface area contributed by atoms with E-state index < -0.39 is 12.1 Å². The number of piperidine rings is 1. The summed E-state index contributed by atoms with van der Waals surface area (Å²) in [7, 11) is 1.62. The monoisotopic (exact) mass is 478 g/mol. The van der Waals surface area contributed by atoms with Gasteiger partial charge in [-0.3, -0.25) is 9.78 Å². The molecule has 3 aromatic rings. The third-order valence-corrected chi connectivity index (χ3v) is 7.10. The van der Waals surface area contributed by atoms with Crippen LogP contribution in [0.1, 0.15) is 49.5 Å². The Hall–Kier alpha value is -3.10. The Morgan fingerprint density at radius 2 is 2.11 bits per heavy atom. The number of aryl methyl sites for hydroxylation is 1. The molecule has 8 heteroatoms. The zero-order chi connectivity index (χ0) is 24.6. The Morgan fingerprint density at radius 1 is 1.23 bits per heavy atom. The van der Waals surface area contributed by atoms with Crippen LogP contribution in [0.25, 0.3) is 10.9 Å². The molecule has 1 aliphatic rings. The van der Waals surface area contributed by atoms with Crippen molar-refractivity contribution < 1.29 is 19.7 Å². The molecule has 8 nitrogen and oxygen atoms in total. The fraction of sp³-hybridized carbons (Fsp3) is 0.481. The molecular weight excluding hydrogens is 444 g/mol. The van der Waals surface area contributed by atoms with Crippen LogP contribution in [0.2, 0.25) is 0 Å². The van der Waals surface area contributed by atoms with Crippen molar-refractivity contribution in [2.75, 3.05) is 26.7 Å². The van der Waals surface area contributed by atoms with Gasteiger partial charge in [0.05, 0.1) is 24.4 Å². The molecule has 1 aliphatic heterocycles. The van der Waals surface area contributed by atoms with Crippen LogP contribution in [0.5, 0.6) is 5.75 Å². The van der Waals surface area contributed by atoms with E-state index in [1.54, 1.807) is 19.5 Å². The Bertz CT molecular complexity index is 1110. The van der Waals surface area contributed by atoms with Gasteiger partial charge in [-0.25, -0.2) is 0 Å². The number of hydrogen-bond donors (Lipinski definition) is 2. The normalized spacial score (nSPS) is 19.5. The van der Waals surface area contributed by atoms with Crippen LogP contribution in [-0.4, -0.2) is 63.0 Å². The van der Waals surface area contributed by atoms with Crippen molar-refractivity contribution in [1.82, 2.24) is 20.1 Å². The average molecular weight is 479 g/mol. The third kappa shape index (κ3) is 6.74. The molecule has 186 valence electrons. The molecule has 1 saturated heterocycles. The second kappa shape index (κ2) is 12.0. The molecule has 1 unspecified atom stereocenters. The molecule has 4 rings (SSSR count). The maximum atomic E-state index is 11.6. The first-order valence-corrected chi connectivity index (χ1v) is 12.3. The number of fused-ring (bicyclic) bond motifs is 1. The zero-order valence-electron chi connectivity index (χ0n) is 20.2. The lowest BCUT2D eigenvalue weighted by molar-refractivity contribution is -0.139. The number of benzene rings is 1. The number of likely N-dealkylation sites (tertiary alicyclic amines) is 1. The van der Waals surface area contributed by atoms with Crippen LogP contribution in [0, 0.1) is 11.8 Å². The number of methoxy groups -OCH3 is 1. The number of carboxylic acids is 1. The van der Waals surface area contributed by atoms with Crippen LogP contribution in [0.3, 0.4) is 0 Å². The molecule has 3 heterocycles. The number of hydrogen-bond acceptors (Lipinski definition) is 7. The summed E-state index contributed by atoms with van der Waals surface area (Å²) in [6.45, 7) is 2.66. The Balaban J connectivity index is 1.35. The minimum atomic E-state index is -0.755. The second-order valence-electron chi connectivity index (χ2n) is 9.40. The number of aliphatic carboxylic acids is 1. The number of carboxylic acid groups (broad SMARTS) is 1. The lowest BCUT2D eigenvalue weighted by Crippen LogP contribution is -2.42. The molecule has 0 aliphatic carbocycles. The summed E-state index contributed by atoms with van der Waals surface area (Å²) >= 11 is 0. The van der Waals surface area contributed by atoms with Gasteiger partial charge in [-0.15, -0.1) is 0 Å². The van der Waals surface area contributed by atoms with Gasteiger partial charge < -0.3 is 19.8 Å². The predicted molar refractivity (Wildman–Crippen MR) is 133 cm³/mol. The van der Waals surface area contributed by atoms with E-state index in [0.29, 0.717) is 6.42 Å². The SMILES string of the molecule is COc1ccc2nccc(C(O)CC[C@@H]3CCN(CCCc4cccnn4)C[C@@H]3CC(=O)O)c2c1. The van der Waals surface area contributed by atoms with Gasteiger partial charge in [-0.1, -0.05) is 0 Å². The maximum Gasteiger partial charge on any atom is 0.303 e. The summed E-state index contributed by atoms with van der Waals surface area (Å²) in [4.78, 5) is 18.4. The number of pyridine rings is 1. The van der Waals surface area contributed by atoms with Crippen molar-refractivity contribution in [3.8, 4) is 5.75 Å². The number of rotatable bonds is 11. The topological polar surface area (TPSA) is 109 Å². The summed E-state index contributed by atoms with van der Waals surface area (Å²) in [6.07, 6.45) is 7.09. The highest BCUT2D eigenvalue weighted by Gasteiger charge is 2.31. The van der Waals surface area contributed by atoms with E-state index in [4.69, 9.17) is 4.74 Å². The molecule has 35 heavy (non-hydrogen) atoms. The number of aromatic nitrogens is 3. The van der Waals surface area contributed by atoms with Crippen molar-refractivity contribution in [2.45, 2.75) is 44.6 Å². The highest BCUT2D eigenvalue weighted by atomic mass is 16.5. The van der Waals surface area contributed by atoms with Crippen molar-refractivity contribution in [1.29, 1.82) is 0 Å². The Labute approximate surface area is 206 Å². The van der Waals surface area contributed by atoms with Crippen LogP contribution < -0.4 is 4.74 Å². The molecule has 3 atom stereocenters. The standard InChI is InChI=1S/C27H34N4O4/c1-35-22-7-8-25-24(17-22)23(10-13-28-25)26(32)9-6-19-11-15-31(18-20(19)16-27(33)34)14-3-5-21-4-2-12-29-30-21/h2,4,7-8,10,12-13,17,19-20,26,32H,3,5-6,9,11,14-16,18H2,1H3,(H,33,34)/t19-,20+,26?/m1/s1. The van der Waals surface area contributed by atoms with Crippen molar-refractivity contribution in [3.05, 3.63) is 60.0 Å². The van der Waals surface area contributed by atoms with Gasteiger partial charge in [0.2, 0.25) is 0 Å². The molecule has 1 fully saturated rings. The molecule has 1 aromatic carbocycles. The third-order valence-electron chi connectivity index (χ3n) is 7.10. The number of carbonyl (C=O) groups is 1. The smallest absolute Gasteiger partial charge is 0.303 e. The highest BCUT2D eigenvalue weighted by molar-refractivity contribution is 5.83.